The lowest BCUT2D eigenvalue weighted by Gasteiger charge is -2.27. The van der Waals surface area contributed by atoms with Crippen LogP contribution in [-0.4, -0.2) is 37.6 Å². The molecule has 1 rings (SSSR count). The minimum Gasteiger partial charge on any atom is -0.314 e. The highest BCUT2D eigenvalue weighted by Crippen LogP contribution is 2.11. The first-order valence-corrected chi connectivity index (χ1v) is 8.86. The molecule has 0 atom stereocenters. The molecule has 0 saturated carbocycles. The van der Waals surface area contributed by atoms with E-state index in [1.807, 2.05) is 0 Å². The summed E-state index contributed by atoms with van der Waals surface area (Å²) >= 11 is 0. The molecule has 0 amide bonds. The van der Waals surface area contributed by atoms with Crippen LogP contribution in [0.1, 0.15) is 77.6 Å². The average Bonchev–Trinajstić information content (AvgIpc) is 2.46. The quantitative estimate of drug-likeness (QED) is 0.534. The van der Waals surface area contributed by atoms with Crippen LogP contribution in [0, 0.1) is 0 Å². The standard InChI is InChI=1S/C17H36N2/c1-2-3-4-5-6-7-8-9-10-11-12-15-19-16-13-18-14-17-19/h18H,2-17H2,1H3. The summed E-state index contributed by atoms with van der Waals surface area (Å²) in [6.07, 6.45) is 15.9. The molecule has 2 nitrogen and oxygen atoms in total. The van der Waals surface area contributed by atoms with Crippen molar-refractivity contribution in [1.82, 2.24) is 10.2 Å². The van der Waals surface area contributed by atoms with Gasteiger partial charge < -0.3 is 10.2 Å². The highest BCUT2D eigenvalue weighted by atomic mass is 15.2. The summed E-state index contributed by atoms with van der Waals surface area (Å²) in [7, 11) is 0. The number of nitrogens with one attached hydrogen (secondary N) is 1. The molecule has 2 heteroatoms. The van der Waals surface area contributed by atoms with Gasteiger partial charge in [-0.05, 0) is 13.0 Å². The zero-order chi connectivity index (χ0) is 13.6. The molecule has 19 heavy (non-hydrogen) atoms. The zero-order valence-corrected chi connectivity index (χ0v) is 13.3. The normalized spacial score (nSPS) is 16.9. The second-order valence-electron chi connectivity index (χ2n) is 6.13. The molecule has 0 unspecified atom stereocenters. The number of hydrogen-bond donors (Lipinski definition) is 1. The Morgan fingerprint density at radius 2 is 1.16 bits per heavy atom. The van der Waals surface area contributed by atoms with Gasteiger partial charge in [-0.25, -0.2) is 0 Å². The Kier molecular flexibility index (Phi) is 11.5. The number of piperazine rings is 1. The minimum absolute atomic E-state index is 1.19. The molecule has 1 fully saturated rings. The van der Waals surface area contributed by atoms with Gasteiger partial charge >= 0.3 is 0 Å². The van der Waals surface area contributed by atoms with Crippen molar-refractivity contribution in [2.45, 2.75) is 77.6 Å². The molecule has 0 aromatic carbocycles. The summed E-state index contributed by atoms with van der Waals surface area (Å²) < 4.78 is 0. The van der Waals surface area contributed by atoms with Crippen molar-refractivity contribution in [3.8, 4) is 0 Å². The molecular formula is C17H36N2. The van der Waals surface area contributed by atoms with Gasteiger partial charge in [-0.3, -0.25) is 0 Å². The van der Waals surface area contributed by atoms with Gasteiger partial charge in [0.05, 0.1) is 0 Å². The molecule has 0 radical (unpaired) electrons. The molecular weight excluding hydrogens is 232 g/mol. The van der Waals surface area contributed by atoms with E-state index in [0.717, 1.165) is 0 Å². The molecule has 0 aromatic rings. The van der Waals surface area contributed by atoms with Gasteiger partial charge in [0.15, 0.2) is 0 Å². The van der Waals surface area contributed by atoms with Crippen molar-refractivity contribution in [3.05, 3.63) is 0 Å². The zero-order valence-electron chi connectivity index (χ0n) is 13.3. The summed E-state index contributed by atoms with van der Waals surface area (Å²) in [4.78, 5) is 2.62. The largest absolute Gasteiger partial charge is 0.314 e. The Balaban J connectivity index is 1.71. The smallest absolute Gasteiger partial charge is 0.0107 e. The first-order valence-electron chi connectivity index (χ1n) is 8.86. The highest BCUT2D eigenvalue weighted by molar-refractivity contribution is 4.67. The molecule has 0 aliphatic carbocycles. The van der Waals surface area contributed by atoms with E-state index in [9.17, 15) is 0 Å². The van der Waals surface area contributed by atoms with Crippen molar-refractivity contribution in [1.29, 1.82) is 0 Å². The van der Waals surface area contributed by atoms with Gasteiger partial charge in [-0.2, -0.15) is 0 Å². The molecule has 114 valence electrons. The summed E-state index contributed by atoms with van der Waals surface area (Å²) in [6, 6.07) is 0. The lowest BCUT2D eigenvalue weighted by molar-refractivity contribution is 0.236. The predicted molar refractivity (Wildman–Crippen MR) is 85.8 cm³/mol. The summed E-state index contributed by atoms with van der Waals surface area (Å²) in [5.41, 5.74) is 0. The van der Waals surface area contributed by atoms with Crippen LogP contribution in [0.3, 0.4) is 0 Å². The van der Waals surface area contributed by atoms with E-state index in [-0.39, 0.29) is 0 Å². The van der Waals surface area contributed by atoms with Crippen LogP contribution in [0.4, 0.5) is 0 Å². The number of unbranched alkanes of at least 4 members (excludes halogenated alkanes) is 10. The van der Waals surface area contributed by atoms with E-state index < -0.39 is 0 Å². The SMILES string of the molecule is CCCCCCCCCCCCCN1CCNCC1. The molecule has 1 heterocycles. The maximum Gasteiger partial charge on any atom is 0.0107 e. The van der Waals surface area contributed by atoms with E-state index in [0.29, 0.717) is 0 Å². The fourth-order valence-corrected chi connectivity index (χ4v) is 2.93. The van der Waals surface area contributed by atoms with Crippen LogP contribution in [0.5, 0.6) is 0 Å². The van der Waals surface area contributed by atoms with Gasteiger partial charge in [0, 0.05) is 26.2 Å². The van der Waals surface area contributed by atoms with Gasteiger partial charge in [0.1, 0.15) is 0 Å². The fraction of sp³-hybridized carbons (Fsp3) is 1.00. The Hall–Kier alpha value is -0.0800. The third-order valence-corrected chi connectivity index (χ3v) is 4.29. The number of nitrogens with zero attached hydrogens (tertiary/aromatic N) is 1. The van der Waals surface area contributed by atoms with Crippen LogP contribution in [0.15, 0.2) is 0 Å². The van der Waals surface area contributed by atoms with Crippen molar-refractivity contribution < 1.29 is 0 Å². The monoisotopic (exact) mass is 268 g/mol. The van der Waals surface area contributed by atoms with Gasteiger partial charge in [0.25, 0.3) is 0 Å². The molecule has 0 spiro atoms. The summed E-state index contributed by atoms with van der Waals surface area (Å²) in [5, 5.41) is 3.42. The van der Waals surface area contributed by atoms with Crippen molar-refractivity contribution in [2.75, 3.05) is 32.7 Å². The van der Waals surface area contributed by atoms with Crippen LogP contribution >= 0.6 is 0 Å². The highest BCUT2D eigenvalue weighted by Gasteiger charge is 2.07. The topological polar surface area (TPSA) is 15.3 Å². The van der Waals surface area contributed by atoms with Crippen molar-refractivity contribution in [2.24, 2.45) is 0 Å². The molecule has 0 aromatic heterocycles. The third-order valence-electron chi connectivity index (χ3n) is 4.29. The van der Waals surface area contributed by atoms with Crippen molar-refractivity contribution in [3.63, 3.8) is 0 Å². The second kappa shape index (κ2) is 12.9. The fourth-order valence-electron chi connectivity index (χ4n) is 2.93. The lowest BCUT2D eigenvalue weighted by Crippen LogP contribution is -2.43. The molecule has 1 aliphatic heterocycles. The average molecular weight is 268 g/mol. The number of rotatable bonds is 12. The third kappa shape index (κ3) is 10.4. The van der Waals surface area contributed by atoms with Crippen LogP contribution in [0.25, 0.3) is 0 Å². The first kappa shape index (κ1) is 17.0. The van der Waals surface area contributed by atoms with Gasteiger partial charge in [-0.15, -0.1) is 0 Å². The van der Waals surface area contributed by atoms with Gasteiger partial charge in [0.2, 0.25) is 0 Å². The van der Waals surface area contributed by atoms with Crippen LogP contribution in [-0.2, 0) is 0 Å². The lowest BCUT2D eigenvalue weighted by atomic mass is 10.1. The maximum absolute atomic E-state index is 3.42. The first-order chi connectivity index (χ1) is 9.43. The van der Waals surface area contributed by atoms with E-state index in [2.05, 4.69) is 17.1 Å². The Morgan fingerprint density at radius 1 is 0.684 bits per heavy atom. The van der Waals surface area contributed by atoms with Crippen LogP contribution < -0.4 is 5.32 Å². The van der Waals surface area contributed by atoms with E-state index in [1.54, 1.807) is 0 Å². The van der Waals surface area contributed by atoms with Crippen LogP contribution in [0.2, 0.25) is 0 Å². The van der Waals surface area contributed by atoms with Crippen molar-refractivity contribution >= 4 is 0 Å². The molecule has 1 aliphatic rings. The van der Waals surface area contributed by atoms with E-state index in [1.165, 1.54) is 103 Å². The van der Waals surface area contributed by atoms with E-state index in [4.69, 9.17) is 0 Å². The number of hydrogen-bond acceptors (Lipinski definition) is 2. The van der Waals surface area contributed by atoms with Gasteiger partial charge in [-0.1, -0.05) is 71.1 Å². The second-order valence-corrected chi connectivity index (χ2v) is 6.13. The minimum atomic E-state index is 1.19. The molecule has 0 bridgehead atoms. The Bertz CT molecular complexity index is 176. The molecule has 1 N–H and O–H groups in total. The Labute approximate surface area is 121 Å². The maximum atomic E-state index is 3.42. The molecule has 1 saturated heterocycles. The summed E-state index contributed by atoms with van der Waals surface area (Å²) in [5.74, 6) is 0. The Morgan fingerprint density at radius 3 is 1.68 bits per heavy atom. The predicted octanol–water partition coefficient (Wildman–Crippen LogP) is 4.20. The summed E-state index contributed by atoms with van der Waals surface area (Å²) in [6.45, 7) is 8.53. The van der Waals surface area contributed by atoms with E-state index >= 15 is 0 Å².